The van der Waals surface area contributed by atoms with Crippen molar-refractivity contribution in [3.63, 3.8) is 0 Å². The zero-order valence-corrected chi connectivity index (χ0v) is 18.8. The summed E-state index contributed by atoms with van der Waals surface area (Å²) in [5.41, 5.74) is 2.56. The van der Waals surface area contributed by atoms with Gasteiger partial charge in [-0.15, -0.1) is 5.10 Å². The molecule has 9 nitrogen and oxygen atoms in total. The van der Waals surface area contributed by atoms with E-state index >= 15 is 0 Å². The van der Waals surface area contributed by atoms with E-state index < -0.39 is 12.1 Å². The molecule has 0 spiro atoms. The van der Waals surface area contributed by atoms with Gasteiger partial charge in [0.05, 0.1) is 41.0 Å². The van der Waals surface area contributed by atoms with Crippen LogP contribution in [-0.4, -0.2) is 78.0 Å². The Morgan fingerprint density at radius 2 is 1.72 bits per heavy atom. The first kappa shape index (κ1) is 25.7. The van der Waals surface area contributed by atoms with Crippen LogP contribution in [0.2, 0.25) is 0 Å². The summed E-state index contributed by atoms with van der Waals surface area (Å²) in [6, 6.07) is 0. The van der Waals surface area contributed by atoms with Crippen molar-refractivity contribution in [2.45, 2.75) is 65.0 Å². The molecule has 3 heterocycles. The third kappa shape index (κ3) is 8.50. The number of aliphatic carboxylic acids is 1. The minimum atomic E-state index is -5.08. The first-order valence-corrected chi connectivity index (χ1v) is 10.0. The van der Waals surface area contributed by atoms with E-state index in [9.17, 15) is 13.2 Å². The van der Waals surface area contributed by atoms with Crippen molar-refractivity contribution in [3.8, 4) is 0 Å². The number of carboxylic acid groups (broad SMARTS) is 1. The number of nitrogens with zero attached hydrogens (tertiary/aromatic N) is 6. The van der Waals surface area contributed by atoms with E-state index in [1.807, 2.05) is 17.8 Å². The number of aromatic nitrogens is 5. The van der Waals surface area contributed by atoms with Gasteiger partial charge in [-0.05, 0) is 34.6 Å². The van der Waals surface area contributed by atoms with Gasteiger partial charge in [0.1, 0.15) is 0 Å². The molecule has 1 aliphatic heterocycles. The first-order valence-electron chi connectivity index (χ1n) is 10.0. The summed E-state index contributed by atoms with van der Waals surface area (Å²) >= 11 is 0. The Labute approximate surface area is 184 Å². The van der Waals surface area contributed by atoms with Crippen LogP contribution in [0.5, 0.6) is 0 Å². The van der Waals surface area contributed by atoms with Crippen molar-refractivity contribution < 1.29 is 27.8 Å². The molecule has 0 saturated carbocycles. The number of ether oxygens (including phenoxy) is 1. The third-order valence-electron chi connectivity index (χ3n) is 4.43. The van der Waals surface area contributed by atoms with Gasteiger partial charge in [0, 0.05) is 38.4 Å². The van der Waals surface area contributed by atoms with Crippen LogP contribution in [0.15, 0.2) is 18.6 Å². The Bertz CT molecular complexity index is 881. The highest BCUT2D eigenvalue weighted by molar-refractivity contribution is 5.73. The van der Waals surface area contributed by atoms with Crippen LogP contribution in [0.1, 0.15) is 44.8 Å². The largest absolute Gasteiger partial charge is 0.490 e. The zero-order chi connectivity index (χ0) is 24.2. The van der Waals surface area contributed by atoms with Gasteiger partial charge < -0.3 is 9.84 Å². The van der Waals surface area contributed by atoms with E-state index in [4.69, 9.17) is 14.6 Å². The maximum absolute atomic E-state index is 10.6. The summed E-state index contributed by atoms with van der Waals surface area (Å²) in [5.74, 6) is -2.76. The van der Waals surface area contributed by atoms with Crippen LogP contribution in [0.4, 0.5) is 13.2 Å². The van der Waals surface area contributed by atoms with Crippen molar-refractivity contribution in [2.24, 2.45) is 0 Å². The number of morpholine rings is 1. The highest BCUT2D eigenvalue weighted by atomic mass is 19.4. The predicted octanol–water partition coefficient (Wildman–Crippen LogP) is 2.49. The molecule has 1 saturated heterocycles. The maximum Gasteiger partial charge on any atom is 0.490 e. The summed E-state index contributed by atoms with van der Waals surface area (Å²) in [6.07, 6.45) is 1.35. The molecule has 2 aromatic heterocycles. The minimum absolute atomic E-state index is 0.122. The van der Waals surface area contributed by atoms with E-state index in [-0.39, 0.29) is 11.2 Å². The lowest BCUT2D eigenvalue weighted by molar-refractivity contribution is -0.192. The normalized spacial score (nSPS) is 18.0. The number of halogens is 3. The highest BCUT2D eigenvalue weighted by Gasteiger charge is 2.38. The zero-order valence-electron chi connectivity index (χ0n) is 18.8. The molecule has 2 aromatic rings. The van der Waals surface area contributed by atoms with Crippen molar-refractivity contribution in [3.05, 3.63) is 35.7 Å². The van der Waals surface area contributed by atoms with Gasteiger partial charge in [-0.2, -0.15) is 13.2 Å². The Hall–Kier alpha value is -2.60. The van der Waals surface area contributed by atoms with Crippen LogP contribution >= 0.6 is 0 Å². The second kappa shape index (κ2) is 9.90. The van der Waals surface area contributed by atoms with Crippen LogP contribution in [0.3, 0.4) is 0 Å². The Balaban J connectivity index is 0.000000451. The molecule has 0 bridgehead atoms. The fourth-order valence-electron chi connectivity index (χ4n) is 3.57. The first-order chi connectivity index (χ1) is 14.7. The number of rotatable bonds is 5. The lowest BCUT2D eigenvalue weighted by Gasteiger charge is -2.47. The van der Waals surface area contributed by atoms with Crippen molar-refractivity contribution >= 4 is 5.97 Å². The lowest BCUT2D eigenvalue weighted by atomic mass is 9.99. The van der Waals surface area contributed by atoms with Crippen LogP contribution in [0, 0.1) is 6.92 Å². The van der Waals surface area contributed by atoms with Crippen molar-refractivity contribution in [2.75, 3.05) is 19.6 Å². The molecule has 0 radical (unpaired) electrons. The van der Waals surface area contributed by atoms with Gasteiger partial charge in [0.25, 0.3) is 0 Å². The highest BCUT2D eigenvalue weighted by Crippen LogP contribution is 2.27. The molecule has 1 N–H and O–H groups in total. The SMILES string of the molecule is Cc1cnc(Cn2cc(CCN3CC(C)(C)OC(C)(C)C3)nn2)cn1.O=C(O)C(F)(F)F. The summed E-state index contributed by atoms with van der Waals surface area (Å²) in [4.78, 5) is 20.0. The topological polar surface area (TPSA) is 106 Å². The summed E-state index contributed by atoms with van der Waals surface area (Å²) in [6.45, 7) is 14.0. The average molecular weight is 458 g/mol. The Morgan fingerprint density at radius 3 is 2.22 bits per heavy atom. The van der Waals surface area contributed by atoms with Crippen LogP contribution < -0.4 is 0 Å². The molecule has 0 unspecified atom stereocenters. The fourth-order valence-corrected chi connectivity index (χ4v) is 3.57. The molecule has 12 heteroatoms. The molecule has 0 aliphatic carbocycles. The Morgan fingerprint density at radius 1 is 1.12 bits per heavy atom. The van der Waals surface area contributed by atoms with Crippen molar-refractivity contribution in [1.29, 1.82) is 0 Å². The molecule has 1 aliphatic rings. The summed E-state index contributed by atoms with van der Waals surface area (Å²) in [7, 11) is 0. The van der Waals surface area contributed by atoms with Gasteiger partial charge in [-0.25, -0.2) is 9.48 Å². The lowest BCUT2D eigenvalue weighted by Crippen LogP contribution is -2.57. The fraction of sp³-hybridized carbons (Fsp3) is 0.650. The van der Waals surface area contributed by atoms with Crippen LogP contribution in [0.25, 0.3) is 0 Å². The van der Waals surface area contributed by atoms with Gasteiger partial charge >= 0.3 is 12.1 Å². The molecular weight excluding hydrogens is 429 g/mol. The van der Waals surface area contributed by atoms with Gasteiger partial charge in [0.2, 0.25) is 0 Å². The summed E-state index contributed by atoms with van der Waals surface area (Å²) in [5, 5.41) is 15.6. The van der Waals surface area contributed by atoms with E-state index in [1.165, 1.54) is 0 Å². The number of hydrogen-bond acceptors (Lipinski definition) is 7. The van der Waals surface area contributed by atoms with E-state index in [2.05, 4.69) is 52.9 Å². The molecule has 1 fully saturated rings. The number of aryl methyl sites for hydroxylation is 1. The average Bonchev–Trinajstić information content (AvgIpc) is 3.06. The van der Waals surface area contributed by atoms with Gasteiger partial charge in [-0.1, -0.05) is 5.21 Å². The molecule has 0 aromatic carbocycles. The van der Waals surface area contributed by atoms with E-state index in [0.717, 1.165) is 43.1 Å². The molecule has 0 atom stereocenters. The van der Waals surface area contributed by atoms with Crippen LogP contribution in [-0.2, 0) is 22.5 Å². The molecule has 3 rings (SSSR count). The smallest absolute Gasteiger partial charge is 0.475 e. The molecule has 0 amide bonds. The minimum Gasteiger partial charge on any atom is -0.475 e. The van der Waals surface area contributed by atoms with E-state index in [1.54, 1.807) is 12.4 Å². The molecule has 178 valence electrons. The molecule has 32 heavy (non-hydrogen) atoms. The van der Waals surface area contributed by atoms with E-state index in [0.29, 0.717) is 6.54 Å². The second-order valence-corrected chi connectivity index (χ2v) is 8.94. The standard InChI is InChI=1S/C18H28N6O.C2HF3O2/c1-14-8-20-16(9-19-14)11-24-10-15(21-22-24)6-7-23-12-17(2,3)25-18(4,5)13-23;3-2(4,5)1(6)7/h8-10H,6-7,11-13H2,1-5H3;(H,6,7). The maximum atomic E-state index is 10.6. The molecular formula is C20H29F3N6O3. The van der Waals surface area contributed by atoms with Gasteiger partial charge in [-0.3, -0.25) is 14.9 Å². The second-order valence-electron chi connectivity index (χ2n) is 8.94. The monoisotopic (exact) mass is 458 g/mol. The number of hydrogen-bond donors (Lipinski definition) is 1. The summed E-state index contributed by atoms with van der Waals surface area (Å²) < 4.78 is 39.7. The number of carbonyl (C=O) groups is 1. The predicted molar refractivity (Wildman–Crippen MR) is 109 cm³/mol. The number of carboxylic acids is 1. The third-order valence-corrected chi connectivity index (χ3v) is 4.43. The number of alkyl halides is 3. The quantitative estimate of drug-likeness (QED) is 0.729. The van der Waals surface area contributed by atoms with Crippen molar-refractivity contribution in [1.82, 2.24) is 29.9 Å². The van der Waals surface area contributed by atoms with Gasteiger partial charge in [0.15, 0.2) is 0 Å². The Kier molecular flexibility index (Phi) is 7.94.